The van der Waals surface area contributed by atoms with Gasteiger partial charge in [0.1, 0.15) is 0 Å². The maximum absolute atomic E-state index is 6.38. The molecular formula is C17H33NO2. The molecule has 3 nitrogen and oxygen atoms in total. The summed E-state index contributed by atoms with van der Waals surface area (Å²) < 4.78 is 11.9. The van der Waals surface area contributed by atoms with Gasteiger partial charge in [-0.05, 0) is 51.5 Å². The van der Waals surface area contributed by atoms with E-state index in [1.165, 1.54) is 51.4 Å². The summed E-state index contributed by atoms with van der Waals surface area (Å²) in [5.41, 5.74) is 0.0875. The molecule has 0 bridgehead atoms. The van der Waals surface area contributed by atoms with Crippen LogP contribution in [-0.4, -0.2) is 38.0 Å². The summed E-state index contributed by atoms with van der Waals surface area (Å²) in [5, 5.41) is 3.85. The molecule has 1 saturated heterocycles. The molecule has 0 aromatic carbocycles. The lowest BCUT2D eigenvalue weighted by molar-refractivity contribution is -0.111. The second-order valence-electron chi connectivity index (χ2n) is 6.44. The Morgan fingerprint density at radius 3 is 2.45 bits per heavy atom. The van der Waals surface area contributed by atoms with Crippen molar-refractivity contribution < 1.29 is 9.47 Å². The van der Waals surface area contributed by atoms with Crippen molar-refractivity contribution >= 4 is 0 Å². The maximum atomic E-state index is 6.38. The highest BCUT2D eigenvalue weighted by Crippen LogP contribution is 2.39. The first-order valence-corrected chi connectivity index (χ1v) is 8.77. The van der Waals surface area contributed by atoms with E-state index in [0.29, 0.717) is 6.04 Å². The van der Waals surface area contributed by atoms with Crippen molar-refractivity contribution in [2.45, 2.75) is 76.9 Å². The van der Waals surface area contributed by atoms with Crippen molar-refractivity contribution in [3.05, 3.63) is 0 Å². The summed E-state index contributed by atoms with van der Waals surface area (Å²) in [6.07, 6.45) is 10.1. The minimum absolute atomic E-state index is 0.0875. The Morgan fingerprint density at radius 2 is 1.85 bits per heavy atom. The molecule has 0 radical (unpaired) electrons. The molecule has 1 aliphatic heterocycles. The zero-order chi connectivity index (χ0) is 14.3. The number of ether oxygens (including phenoxy) is 2. The van der Waals surface area contributed by atoms with Gasteiger partial charge in [0.25, 0.3) is 0 Å². The van der Waals surface area contributed by atoms with Crippen molar-refractivity contribution in [2.24, 2.45) is 5.92 Å². The molecule has 1 heterocycles. The van der Waals surface area contributed by atoms with E-state index in [1.807, 2.05) is 0 Å². The Bertz CT molecular complexity index is 252. The summed E-state index contributed by atoms with van der Waals surface area (Å²) in [4.78, 5) is 0. The fourth-order valence-electron chi connectivity index (χ4n) is 4.11. The van der Waals surface area contributed by atoms with Crippen LogP contribution in [0.4, 0.5) is 0 Å². The van der Waals surface area contributed by atoms with E-state index in [4.69, 9.17) is 9.47 Å². The van der Waals surface area contributed by atoms with E-state index in [-0.39, 0.29) is 5.60 Å². The first-order chi connectivity index (χ1) is 9.82. The average molecular weight is 283 g/mol. The maximum Gasteiger partial charge on any atom is 0.0837 e. The largest absolute Gasteiger partial charge is 0.381 e. The van der Waals surface area contributed by atoms with Gasteiger partial charge in [0.15, 0.2) is 0 Å². The first kappa shape index (κ1) is 16.3. The quantitative estimate of drug-likeness (QED) is 0.775. The van der Waals surface area contributed by atoms with Crippen LogP contribution >= 0.6 is 0 Å². The third-order valence-electron chi connectivity index (χ3n) is 5.05. The Morgan fingerprint density at radius 1 is 1.15 bits per heavy atom. The Labute approximate surface area is 124 Å². The predicted molar refractivity (Wildman–Crippen MR) is 83.1 cm³/mol. The molecule has 2 aliphatic rings. The monoisotopic (exact) mass is 283 g/mol. The van der Waals surface area contributed by atoms with E-state index < -0.39 is 0 Å². The fourth-order valence-corrected chi connectivity index (χ4v) is 4.11. The molecular weight excluding hydrogens is 250 g/mol. The van der Waals surface area contributed by atoms with Crippen molar-refractivity contribution in [3.8, 4) is 0 Å². The summed E-state index contributed by atoms with van der Waals surface area (Å²) in [7, 11) is 0. The van der Waals surface area contributed by atoms with Crippen LogP contribution in [0, 0.1) is 5.92 Å². The predicted octanol–water partition coefficient (Wildman–Crippen LogP) is 3.52. The summed E-state index contributed by atoms with van der Waals surface area (Å²) in [6.45, 7) is 8.21. The number of hydrogen-bond acceptors (Lipinski definition) is 3. The third kappa shape index (κ3) is 3.96. The van der Waals surface area contributed by atoms with Gasteiger partial charge in [-0.15, -0.1) is 0 Å². The smallest absolute Gasteiger partial charge is 0.0837 e. The van der Waals surface area contributed by atoms with Crippen LogP contribution in [0.25, 0.3) is 0 Å². The van der Waals surface area contributed by atoms with Gasteiger partial charge in [-0.2, -0.15) is 0 Å². The number of hydrogen-bond donors (Lipinski definition) is 1. The van der Waals surface area contributed by atoms with Gasteiger partial charge in [-0.1, -0.05) is 26.2 Å². The molecule has 0 spiro atoms. The summed E-state index contributed by atoms with van der Waals surface area (Å²) >= 11 is 0. The first-order valence-electron chi connectivity index (χ1n) is 8.77. The topological polar surface area (TPSA) is 30.5 Å². The lowest BCUT2D eigenvalue weighted by atomic mass is 9.72. The van der Waals surface area contributed by atoms with E-state index in [2.05, 4.69) is 19.2 Å². The summed E-state index contributed by atoms with van der Waals surface area (Å²) in [6, 6.07) is 0.520. The van der Waals surface area contributed by atoms with Crippen LogP contribution in [0.15, 0.2) is 0 Å². The van der Waals surface area contributed by atoms with Crippen LogP contribution in [0.3, 0.4) is 0 Å². The summed E-state index contributed by atoms with van der Waals surface area (Å²) in [5.74, 6) is 0.722. The van der Waals surface area contributed by atoms with E-state index in [9.17, 15) is 0 Å². The lowest BCUT2D eigenvalue weighted by Gasteiger charge is -2.47. The van der Waals surface area contributed by atoms with Crippen molar-refractivity contribution in [1.29, 1.82) is 0 Å². The van der Waals surface area contributed by atoms with Crippen molar-refractivity contribution in [2.75, 3.05) is 26.4 Å². The van der Waals surface area contributed by atoms with Gasteiger partial charge in [0.2, 0.25) is 0 Å². The zero-order valence-electron chi connectivity index (χ0n) is 13.5. The molecule has 1 unspecified atom stereocenters. The van der Waals surface area contributed by atoms with Gasteiger partial charge in [-0.25, -0.2) is 0 Å². The van der Waals surface area contributed by atoms with Crippen molar-refractivity contribution in [1.82, 2.24) is 5.32 Å². The molecule has 1 N–H and O–H groups in total. The van der Waals surface area contributed by atoms with Gasteiger partial charge < -0.3 is 14.8 Å². The molecule has 118 valence electrons. The number of rotatable bonds is 7. The Hall–Kier alpha value is -0.120. The molecule has 1 saturated carbocycles. The van der Waals surface area contributed by atoms with Gasteiger partial charge in [0, 0.05) is 25.9 Å². The average Bonchev–Trinajstić information content (AvgIpc) is 2.50. The molecule has 0 amide bonds. The molecule has 1 atom stereocenters. The molecule has 0 aromatic heterocycles. The van der Waals surface area contributed by atoms with Gasteiger partial charge in [0.05, 0.1) is 5.60 Å². The Balaban J connectivity index is 2.11. The van der Waals surface area contributed by atoms with Crippen LogP contribution in [0.2, 0.25) is 0 Å². The SMILES string of the molecule is CCCNC(C1CCOCC1)C1(OCC)CCCCC1. The minimum atomic E-state index is 0.0875. The van der Waals surface area contributed by atoms with Crippen LogP contribution in [0.1, 0.15) is 65.2 Å². The van der Waals surface area contributed by atoms with Crippen LogP contribution in [0.5, 0.6) is 0 Å². The van der Waals surface area contributed by atoms with E-state index in [0.717, 1.165) is 32.3 Å². The van der Waals surface area contributed by atoms with E-state index >= 15 is 0 Å². The van der Waals surface area contributed by atoms with Crippen LogP contribution in [-0.2, 0) is 9.47 Å². The fraction of sp³-hybridized carbons (Fsp3) is 1.00. The lowest BCUT2D eigenvalue weighted by Crippen LogP contribution is -2.58. The second kappa shape index (κ2) is 8.35. The molecule has 1 aliphatic carbocycles. The van der Waals surface area contributed by atoms with Gasteiger partial charge in [-0.3, -0.25) is 0 Å². The standard InChI is InChI=1S/C17H33NO2/c1-3-12-18-16(15-8-13-19-14-9-15)17(20-4-2)10-6-5-7-11-17/h15-16,18H,3-14H2,1-2H3. The van der Waals surface area contributed by atoms with E-state index in [1.54, 1.807) is 0 Å². The second-order valence-corrected chi connectivity index (χ2v) is 6.44. The molecule has 20 heavy (non-hydrogen) atoms. The highest BCUT2D eigenvalue weighted by molar-refractivity contribution is 4.99. The molecule has 2 fully saturated rings. The minimum Gasteiger partial charge on any atom is -0.381 e. The van der Waals surface area contributed by atoms with Crippen LogP contribution < -0.4 is 5.32 Å². The normalized spacial score (nSPS) is 25.5. The molecule has 0 aromatic rings. The highest BCUT2D eigenvalue weighted by Gasteiger charge is 2.44. The molecule has 3 heteroatoms. The number of nitrogens with one attached hydrogen (secondary N) is 1. The Kier molecular flexibility index (Phi) is 6.79. The van der Waals surface area contributed by atoms with Gasteiger partial charge >= 0.3 is 0 Å². The third-order valence-corrected chi connectivity index (χ3v) is 5.05. The highest BCUT2D eigenvalue weighted by atomic mass is 16.5. The van der Waals surface area contributed by atoms with Crippen molar-refractivity contribution in [3.63, 3.8) is 0 Å². The molecule has 2 rings (SSSR count). The zero-order valence-corrected chi connectivity index (χ0v) is 13.5.